The van der Waals surface area contributed by atoms with E-state index < -0.39 is 0 Å². The molecule has 5 heteroatoms. The van der Waals surface area contributed by atoms with E-state index in [2.05, 4.69) is 39.5 Å². The van der Waals surface area contributed by atoms with E-state index >= 15 is 0 Å². The van der Waals surface area contributed by atoms with E-state index in [1.165, 1.54) is 35.0 Å². The lowest BCUT2D eigenvalue weighted by molar-refractivity contribution is -0.136. The molecular formula is C19H19N3O2. The number of hydrogen-bond acceptors (Lipinski definition) is 4. The van der Waals surface area contributed by atoms with Crippen LogP contribution in [-0.4, -0.2) is 29.5 Å². The zero-order valence-electron chi connectivity index (χ0n) is 13.5. The van der Waals surface area contributed by atoms with E-state index in [-0.39, 0.29) is 11.9 Å². The maximum absolute atomic E-state index is 12.1. The van der Waals surface area contributed by atoms with Crippen LogP contribution in [0.25, 0.3) is 10.9 Å². The molecule has 2 aromatic rings. The normalized spacial score (nSPS) is 24.5. The van der Waals surface area contributed by atoms with Gasteiger partial charge in [0.2, 0.25) is 0 Å². The summed E-state index contributed by atoms with van der Waals surface area (Å²) in [6.07, 6.45) is 5.75. The van der Waals surface area contributed by atoms with Gasteiger partial charge in [0, 0.05) is 47.2 Å². The average Bonchev–Trinajstić information content (AvgIpc) is 3.19. The van der Waals surface area contributed by atoms with Crippen molar-refractivity contribution in [2.45, 2.75) is 18.9 Å². The number of dihydropyridines is 1. The van der Waals surface area contributed by atoms with Crippen LogP contribution in [0.3, 0.4) is 0 Å². The van der Waals surface area contributed by atoms with Gasteiger partial charge in [-0.2, -0.15) is 0 Å². The van der Waals surface area contributed by atoms with Crippen molar-refractivity contribution in [1.29, 1.82) is 0 Å². The van der Waals surface area contributed by atoms with Crippen molar-refractivity contribution in [2.24, 2.45) is 5.92 Å². The van der Waals surface area contributed by atoms with E-state index in [0.717, 1.165) is 25.0 Å². The highest BCUT2D eigenvalue weighted by atomic mass is 16.5. The largest absolute Gasteiger partial charge is 0.466 e. The van der Waals surface area contributed by atoms with E-state index in [4.69, 9.17) is 4.74 Å². The first kappa shape index (κ1) is 13.7. The molecule has 1 aromatic carbocycles. The zero-order chi connectivity index (χ0) is 16.3. The summed E-state index contributed by atoms with van der Waals surface area (Å²) in [5.41, 5.74) is 5.87. The highest BCUT2D eigenvalue weighted by molar-refractivity contribution is 5.90. The quantitative estimate of drug-likeness (QED) is 0.793. The number of esters is 1. The molecule has 0 radical (unpaired) electrons. The molecule has 1 aromatic heterocycles. The number of carbonyl (C=O) groups is 1. The van der Waals surface area contributed by atoms with Crippen LogP contribution in [-0.2, 0) is 16.0 Å². The summed E-state index contributed by atoms with van der Waals surface area (Å²) in [6, 6.07) is 8.80. The molecule has 0 spiro atoms. The lowest BCUT2D eigenvalue weighted by atomic mass is 9.91. The second kappa shape index (κ2) is 4.90. The van der Waals surface area contributed by atoms with Crippen LogP contribution in [0.5, 0.6) is 0 Å². The highest BCUT2D eigenvalue weighted by Gasteiger charge is 2.45. The topological polar surface area (TPSA) is 57.4 Å². The molecule has 5 rings (SSSR count). The summed E-state index contributed by atoms with van der Waals surface area (Å²) in [6.45, 7) is 0.984. The van der Waals surface area contributed by atoms with Gasteiger partial charge in [-0.15, -0.1) is 0 Å². The third kappa shape index (κ3) is 1.72. The number of hydrogen-bond donors (Lipinski definition) is 2. The number of rotatable bonds is 1. The molecule has 0 amide bonds. The maximum atomic E-state index is 12.1. The molecule has 0 bridgehead atoms. The van der Waals surface area contributed by atoms with Gasteiger partial charge in [-0.05, 0) is 24.5 Å². The molecule has 1 unspecified atom stereocenters. The summed E-state index contributed by atoms with van der Waals surface area (Å²) in [7, 11) is 1.44. The summed E-state index contributed by atoms with van der Waals surface area (Å²) >= 11 is 0. The molecule has 1 saturated heterocycles. The van der Waals surface area contributed by atoms with Gasteiger partial charge in [0.1, 0.15) is 0 Å². The van der Waals surface area contributed by atoms with Crippen LogP contribution in [0, 0.1) is 5.92 Å². The van der Waals surface area contributed by atoms with Gasteiger partial charge < -0.3 is 19.9 Å². The number of benzene rings is 1. The Hall–Kier alpha value is -2.69. The van der Waals surface area contributed by atoms with Gasteiger partial charge in [0.15, 0.2) is 0 Å². The Morgan fingerprint density at radius 2 is 2.17 bits per heavy atom. The molecule has 0 aliphatic carbocycles. The summed E-state index contributed by atoms with van der Waals surface area (Å²) in [5, 5.41) is 4.46. The number of nitrogens with zero attached hydrogens (tertiary/aromatic N) is 1. The minimum atomic E-state index is -0.241. The number of ether oxygens (including phenoxy) is 1. The fraction of sp³-hybridized carbons (Fsp3) is 0.316. The standard InChI is InChI=1S/C19H19N3O2/c1-24-19(23)14-9-20-10-17-13(14)8-16-18-12(6-7-22(16)17)11-4-2-3-5-15(11)21-18/h2-5,9-10,13,16,20-21H,6-8H2,1H3/t13?,16-/m0/s1. The number of para-hydroxylation sites is 1. The number of methoxy groups -OCH3 is 1. The zero-order valence-corrected chi connectivity index (χ0v) is 13.5. The molecule has 2 N–H and O–H groups in total. The van der Waals surface area contributed by atoms with Gasteiger partial charge in [-0.25, -0.2) is 4.79 Å². The first-order valence-electron chi connectivity index (χ1n) is 8.38. The minimum absolute atomic E-state index is 0.112. The van der Waals surface area contributed by atoms with Gasteiger partial charge in [-0.3, -0.25) is 0 Å². The fourth-order valence-corrected chi connectivity index (χ4v) is 4.52. The SMILES string of the molecule is COC(=O)C1=CNC=C2C1C[C@H]1c3[nH]c4ccccc4c3CCN21. The number of aromatic nitrogens is 1. The highest BCUT2D eigenvalue weighted by Crippen LogP contribution is 2.49. The van der Waals surface area contributed by atoms with Gasteiger partial charge >= 0.3 is 5.97 Å². The third-order valence-electron chi connectivity index (χ3n) is 5.57. The first-order chi connectivity index (χ1) is 11.8. The third-order valence-corrected chi connectivity index (χ3v) is 5.57. The van der Waals surface area contributed by atoms with Crippen LogP contribution < -0.4 is 5.32 Å². The van der Waals surface area contributed by atoms with Crippen LogP contribution in [0.1, 0.15) is 23.7 Å². The van der Waals surface area contributed by atoms with E-state index in [1.54, 1.807) is 6.20 Å². The van der Waals surface area contributed by atoms with Crippen molar-refractivity contribution in [2.75, 3.05) is 13.7 Å². The average molecular weight is 321 g/mol. The van der Waals surface area contributed by atoms with E-state index in [9.17, 15) is 4.79 Å². The molecule has 5 nitrogen and oxygen atoms in total. The Morgan fingerprint density at radius 3 is 3.04 bits per heavy atom. The predicted molar refractivity (Wildman–Crippen MR) is 90.9 cm³/mol. The van der Waals surface area contributed by atoms with Crippen molar-refractivity contribution >= 4 is 16.9 Å². The second-order valence-electron chi connectivity index (χ2n) is 6.64. The Labute approximate surface area is 140 Å². The van der Waals surface area contributed by atoms with Gasteiger partial charge in [0.05, 0.1) is 18.7 Å². The minimum Gasteiger partial charge on any atom is -0.466 e. The Morgan fingerprint density at radius 1 is 1.29 bits per heavy atom. The lowest BCUT2D eigenvalue weighted by Gasteiger charge is -2.33. The van der Waals surface area contributed by atoms with Gasteiger partial charge in [-0.1, -0.05) is 18.2 Å². The van der Waals surface area contributed by atoms with Crippen molar-refractivity contribution in [3.05, 3.63) is 59.2 Å². The van der Waals surface area contributed by atoms with E-state index in [1.807, 2.05) is 6.20 Å². The summed E-state index contributed by atoms with van der Waals surface area (Å²) in [5.74, 6) is -0.129. The molecule has 3 aliphatic rings. The lowest BCUT2D eigenvalue weighted by Crippen LogP contribution is -2.31. The molecule has 2 atom stereocenters. The van der Waals surface area contributed by atoms with Crippen LogP contribution in [0.4, 0.5) is 0 Å². The number of H-pyrrole nitrogens is 1. The second-order valence-corrected chi connectivity index (χ2v) is 6.64. The van der Waals surface area contributed by atoms with Crippen molar-refractivity contribution < 1.29 is 9.53 Å². The van der Waals surface area contributed by atoms with Crippen molar-refractivity contribution in [3.63, 3.8) is 0 Å². The first-order valence-corrected chi connectivity index (χ1v) is 8.38. The van der Waals surface area contributed by atoms with Crippen molar-refractivity contribution in [3.8, 4) is 0 Å². The number of fused-ring (bicyclic) bond motifs is 7. The van der Waals surface area contributed by atoms with Crippen molar-refractivity contribution in [1.82, 2.24) is 15.2 Å². The van der Waals surface area contributed by atoms with E-state index in [0.29, 0.717) is 6.04 Å². The van der Waals surface area contributed by atoms with Crippen LogP contribution >= 0.6 is 0 Å². The summed E-state index contributed by atoms with van der Waals surface area (Å²) < 4.78 is 4.97. The number of allylic oxidation sites excluding steroid dienone is 1. The fourth-order valence-electron chi connectivity index (χ4n) is 4.52. The number of carbonyl (C=O) groups excluding carboxylic acids is 1. The summed E-state index contributed by atoms with van der Waals surface area (Å²) in [4.78, 5) is 18.2. The van der Waals surface area contributed by atoms with Crippen LogP contribution in [0.2, 0.25) is 0 Å². The molecule has 24 heavy (non-hydrogen) atoms. The monoisotopic (exact) mass is 321 g/mol. The predicted octanol–water partition coefficient (Wildman–Crippen LogP) is 2.59. The molecule has 1 fully saturated rings. The molecule has 0 saturated carbocycles. The molecule has 3 aliphatic heterocycles. The Bertz CT molecular complexity index is 908. The molecule has 4 heterocycles. The number of aromatic amines is 1. The Kier molecular flexibility index (Phi) is 2.80. The molecular weight excluding hydrogens is 302 g/mol. The van der Waals surface area contributed by atoms with Gasteiger partial charge in [0.25, 0.3) is 0 Å². The molecule has 122 valence electrons. The number of nitrogens with one attached hydrogen (secondary N) is 2. The van der Waals surface area contributed by atoms with Crippen LogP contribution in [0.15, 0.2) is 47.9 Å². The maximum Gasteiger partial charge on any atom is 0.335 e. The Balaban J connectivity index is 1.59. The smallest absolute Gasteiger partial charge is 0.335 e.